The molecule has 1 unspecified atom stereocenters. The number of benzene rings is 1. The highest BCUT2D eigenvalue weighted by atomic mass is 35.5. The molecule has 0 fully saturated rings. The van der Waals surface area contributed by atoms with Crippen LogP contribution in [0, 0.1) is 5.82 Å². The molecular weight excluding hydrogens is 300 g/mol. The smallest absolute Gasteiger partial charge is 0.197 e. The zero-order valence-electron chi connectivity index (χ0n) is 11.1. The Morgan fingerprint density at radius 2 is 2.10 bits per heavy atom. The van der Waals surface area contributed by atoms with E-state index in [1.54, 1.807) is 12.3 Å². The number of hydrogen-bond acceptors (Lipinski definition) is 2. The lowest BCUT2D eigenvalue weighted by Crippen LogP contribution is -2.24. The molecule has 20 heavy (non-hydrogen) atoms. The van der Waals surface area contributed by atoms with Crippen molar-refractivity contribution in [2.24, 2.45) is 0 Å². The van der Waals surface area contributed by atoms with E-state index in [4.69, 9.17) is 27.6 Å². The lowest BCUT2D eigenvalue weighted by molar-refractivity contribution is 0.512. The second-order valence-corrected chi connectivity index (χ2v) is 5.36. The Morgan fingerprint density at radius 3 is 2.70 bits per heavy atom. The van der Waals surface area contributed by atoms with E-state index in [2.05, 4.69) is 12.2 Å². The van der Waals surface area contributed by atoms with Gasteiger partial charge in [-0.05, 0) is 54.7 Å². The van der Waals surface area contributed by atoms with Gasteiger partial charge in [0, 0.05) is 11.6 Å². The van der Waals surface area contributed by atoms with Crippen LogP contribution in [-0.4, -0.2) is 6.54 Å². The van der Waals surface area contributed by atoms with Crippen molar-refractivity contribution in [3.8, 4) is 0 Å². The maximum absolute atomic E-state index is 13.5. The van der Waals surface area contributed by atoms with E-state index in [1.807, 2.05) is 12.1 Å². The first-order valence-electron chi connectivity index (χ1n) is 6.52. The number of furan rings is 1. The maximum Gasteiger partial charge on any atom is 0.197 e. The summed E-state index contributed by atoms with van der Waals surface area (Å²) in [5, 5.41) is 3.90. The van der Waals surface area contributed by atoms with E-state index in [-0.39, 0.29) is 11.1 Å². The van der Waals surface area contributed by atoms with Gasteiger partial charge in [-0.25, -0.2) is 4.39 Å². The minimum Gasteiger partial charge on any atom is -0.453 e. The molecule has 0 amide bonds. The Kier molecular flexibility index (Phi) is 5.46. The summed E-state index contributed by atoms with van der Waals surface area (Å²) in [6.45, 7) is 2.94. The molecule has 1 N–H and O–H groups in total. The van der Waals surface area contributed by atoms with E-state index in [0.29, 0.717) is 11.6 Å². The van der Waals surface area contributed by atoms with Crippen LogP contribution in [0.15, 0.2) is 34.9 Å². The first-order chi connectivity index (χ1) is 9.61. The van der Waals surface area contributed by atoms with Crippen LogP contribution in [0.25, 0.3) is 0 Å². The van der Waals surface area contributed by atoms with Crippen molar-refractivity contribution >= 4 is 23.2 Å². The van der Waals surface area contributed by atoms with E-state index >= 15 is 0 Å². The summed E-state index contributed by atoms with van der Waals surface area (Å²) < 4.78 is 18.6. The van der Waals surface area contributed by atoms with Gasteiger partial charge in [-0.3, -0.25) is 0 Å². The minimum atomic E-state index is -0.406. The largest absolute Gasteiger partial charge is 0.453 e. The van der Waals surface area contributed by atoms with Gasteiger partial charge in [0.15, 0.2) is 5.22 Å². The maximum atomic E-state index is 13.5. The van der Waals surface area contributed by atoms with Gasteiger partial charge in [0.1, 0.15) is 5.82 Å². The molecule has 1 heterocycles. The molecule has 1 aromatic carbocycles. The average Bonchev–Trinajstić information content (AvgIpc) is 2.85. The molecule has 0 aliphatic carbocycles. The highest BCUT2D eigenvalue weighted by molar-refractivity contribution is 6.30. The second kappa shape index (κ2) is 7.11. The van der Waals surface area contributed by atoms with Crippen LogP contribution in [-0.2, 0) is 6.42 Å². The van der Waals surface area contributed by atoms with Gasteiger partial charge < -0.3 is 9.73 Å². The molecule has 108 valence electrons. The molecule has 2 nitrogen and oxygen atoms in total. The Morgan fingerprint density at radius 1 is 1.30 bits per heavy atom. The third-order valence-corrected chi connectivity index (χ3v) is 3.70. The first-order valence-corrected chi connectivity index (χ1v) is 7.27. The van der Waals surface area contributed by atoms with Crippen LogP contribution >= 0.6 is 23.2 Å². The molecule has 2 aromatic rings. The Hall–Kier alpha value is -1.03. The molecular formula is C15H16Cl2FNO. The number of nitrogens with one attached hydrogen (secondary N) is 1. The fourth-order valence-electron chi connectivity index (χ4n) is 2.07. The summed E-state index contributed by atoms with van der Waals surface area (Å²) in [4.78, 5) is 0. The van der Waals surface area contributed by atoms with E-state index in [0.717, 1.165) is 24.1 Å². The van der Waals surface area contributed by atoms with Gasteiger partial charge in [0.2, 0.25) is 0 Å². The SMILES string of the molecule is CCCNC(Cc1ccc(Cl)c(F)c1)c1ccoc1Cl. The van der Waals surface area contributed by atoms with Crippen LogP contribution in [0.4, 0.5) is 4.39 Å². The van der Waals surface area contributed by atoms with Crippen LogP contribution in [0.2, 0.25) is 10.2 Å². The summed E-state index contributed by atoms with van der Waals surface area (Å²) in [6, 6.07) is 6.67. The van der Waals surface area contributed by atoms with Crippen molar-refractivity contribution in [1.29, 1.82) is 0 Å². The van der Waals surface area contributed by atoms with Crippen molar-refractivity contribution in [3.63, 3.8) is 0 Å². The standard InChI is InChI=1S/C15H16Cl2FNO/c1-2-6-19-14(11-5-7-20-15(11)17)9-10-3-4-12(16)13(18)8-10/h3-5,7-8,14,19H,2,6,9H2,1H3. The fraction of sp³-hybridized carbons (Fsp3) is 0.333. The van der Waals surface area contributed by atoms with Gasteiger partial charge in [-0.1, -0.05) is 24.6 Å². The molecule has 0 bridgehead atoms. The van der Waals surface area contributed by atoms with Crippen LogP contribution in [0.5, 0.6) is 0 Å². The zero-order valence-corrected chi connectivity index (χ0v) is 12.6. The molecule has 0 radical (unpaired) electrons. The molecule has 5 heteroatoms. The summed E-state index contributed by atoms with van der Waals surface area (Å²) in [6.07, 6.45) is 3.18. The van der Waals surface area contributed by atoms with Crippen molar-refractivity contribution in [1.82, 2.24) is 5.32 Å². The zero-order chi connectivity index (χ0) is 14.5. The number of hydrogen-bond donors (Lipinski definition) is 1. The summed E-state index contributed by atoms with van der Waals surface area (Å²) in [5.41, 5.74) is 1.74. The van der Waals surface area contributed by atoms with E-state index in [1.165, 1.54) is 6.07 Å². The van der Waals surface area contributed by atoms with Crippen molar-refractivity contribution in [3.05, 3.63) is 57.7 Å². The summed E-state index contributed by atoms with van der Waals surface area (Å²) in [7, 11) is 0. The van der Waals surface area contributed by atoms with Crippen LogP contribution in [0.1, 0.15) is 30.5 Å². The third-order valence-electron chi connectivity index (χ3n) is 3.09. The first kappa shape index (κ1) is 15.4. The van der Waals surface area contributed by atoms with Gasteiger partial charge >= 0.3 is 0 Å². The monoisotopic (exact) mass is 315 g/mol. The van der Waals surface area contributed by atoms with Crippen LogP contribution in [0.3, 0.4) is 0 Å². The van der Waals surface area contributed by atoms with Crippen molar-refractivity contribution in [2.45, 2.75) is 25.8 Å². The fourth-order valence-corrected chi connectivity index (χ4v) is 2.43. The molecule has 1 aromatic heterocycles. The second-order valence-electron chi connectivity index (χ2n) is 4.61. The normalized spacial score (nSPS) is 12.6. The molecule has 0 spiro atoms. The topological polar surface area (TPSA) is 25.2 Å². The van der Waals surface area contributed by atoms with Crippen molar-refractivity contribution in [2.75, 3.05) is 6.54 Å². The molecule has 0 aliphatic rings. The van der Waals surface area contributed by atoms with Crippen LogP contribution < -0.4 is 5.32 Å². The highest BCUT2D eigenvalue weighted by Gasteiger charge is 2.17. The van der Waals surface area contributed by atoms with Gasteiger partial charge in [0.05, 0.1) is 11.3 Å². The molecule has 1 atom stereocenters. The van der Waals surface area contributed by atoms with Gasteiger partial charge in [-0.15, -0.1) is 0 Å². The lowest BCUT2D eigenvalue weighted by atomic mass is 10.0. The van der Waals surface area contributed by atoms with E-state index in [9.17, 15) is 4.39 Å². The average molecular weight is 316 g/mol. The Balaban J connectivity index is 2.19. The van der Waals surface area contributed by atoms with Crippen molar-refractivity contribution < 1.29 is 8.81 Å². The predicted octanol–water partition coefficient (Wildman–Crippen LogP) is 5.01. The highest BCUT2D eigenvalue weighted by Crippen LogP contribution is 2.27. The molecule has 2 rings (SSSR count). The number of rotatable bonds is 6. The van der Waals surface area contributed by atoms with Gasteiger partial charge in [0.25, 0.3) is 0 Å². The quantitative estimate of drug-likeness (QED) is 0.810. The van der Waals surface area contributed by atoms with Gasteiger partial charge in [-0.2, -0.15) is 0 Å². The summed E-state index contributed by atoms with van der Waals surface area (Å²) >= 11 is 11.7. The lowest BCUT2D eigenvalue weighted by Gasteiger charge is -2.18. The molecule has 0 aliphatic heterocycles. The predicted molar refractivity (Wildman–Crippen MR) is 79.9 cm³/mol. The Labute approximate surface area is 127 Å². The Bertz CT molecular complexity index is 571. The molecule has 0 saturated carbocycles. The third kappa shape index (κ3) is 3.75. The molecule has 0 saturated heterocycles. The number of halogens is 3. The minimum absolute atomic E-state index is 0.0122. The van der Waals surface area contributed by atoms with E-state index < -0.39 is 5.82 Å². The summed E-state index contributed by atoms with van der Waals surface area (Å²) in [5.74, 6) is -0.406.